The molecule has 0 unspecified atom stereocenters. The third kappa shape index (κ3) is 2.63. The molecule has 0 aromatic carbocycles. The van der Waals surface area contributed by atoms with Gasteiger partial charge in [0.15, 0.2) is 11.4 Å². The van der Waals surface area contributed by atoms with Crippen molar-refractivity contribution >= 4 is 11.8 Å². The number of esters is 1. The van der Waals surface area contributed by atoms with Gasteiger partial charge in [-0.05, 0) is 68.3 Å². The molecule has 5 aliphatic rings. The van der Waals surface area contributed by atoms with Crippen molar-refractivity contribution in [3.63, 3.8) is 0 Å². The normalized spacial score (nSPS) is 49.0. The van der Waals surface area contributed by atoms with Crippen molar-refractivity contribution in [3.05, 3.63) is 23.8 Å². The smallest absolute Gasteiger partial charge is 0.345 e. The number of carbonyl (C=O) groups excluding carboxylic acids is 2. The van der Waals surface area contributed by atoms with Gasteiger partial charge in [0.05, 0.1) is 12.7 Å². The van der Waals surface area contributed by atoms with E-state index in [9.17, 15) is 19.8 Å². The zero-order valence-electron chi connectivity index (χ0n) is 22.7. The predicted molar refractivity (Wildman–Crippen MR) is 132 cm³/mol. The summed E-state index contributed by atoms with van der Waals surface area (Å²) >= 11 is 0. The van der Waals surface area contributed by atoms with E-state index in [1.54, 1.807) is 0 Å². The number of hydrogen-bond acceptors (Lipinski definition) is 7. The average Bonchev–Trinajstić information content (AvgIpc) is 3.19. The third-order valence-electron chi connectivity index (χ3n) is 11.6. The minimum absolute atomic E-state index is 0.107. The number of aliphatic hydroxyl groups is 2. The summed E-state index contributed by atoms with van der Waals surface area (Å²) in [6.45, 7) is 12.8. The number of methoxy groups -OCH3 is 1. The Kier molecular flexibility index (Phi) is 5.61. The number of hydrogen-bond donors (Lipinski definition) is 2. The predicted octanol–water partition coefficient (Wildman–Crippen LogP) is 4.06. The zero-order valence-corrected chi connectivity index (χ0v) is 22.7. The zero-order chi connectivity index (χ0) is 26.5. The quantitative estimate of drug-likeness (QED) is 0.332. The second-order valence-electron chi connectivity index (χ2n) is 13.0. The average molecular weight is 503 g/mol. The van der Waals surface area contributed by atoms with Crippen molar-refractivity contribution in [1.29, 1.82) is 0 Å². The van der Waals surface area contributed by atoms with E-state index in [4.69, 9.17) is 14.5 Å². The van der Waals surface area contributed by atoms with Crippen LogP contribution in [-0.4, -0.2) is 51.5 Å². The summed E-state index contributed by atoms with van der Waals surface area (Å²) in [5.74, 6) is 0.0867. The van der Waals surface area contributed by atoms with Crippen LogP contribution in [0.1, 0.15) is 80.1 Å². The molecule has 0 amide bonds. The summed E-state index contributed by atoms with van der Waals surface area (Å²) < 4.78 is 4.96. The van der Waals surface area contributed by atoms with E-state index in [-0.39, 0.29) is 18.3 Å². The lowest BCUT2D eigenvalue weighted by molar-refractivity contribution is -0.478. The molecule has 1 heterocycles. The molecule has 4 bridgehead atoms. The highest BCUT2D eigenvalue weighted by Gasteiger charge is 2.87. The standard InChI is InChI=1S/C29H42O7/c1-17(2)18(3)8-9-19(4)20-10-11-26(32)21-16-22(30)29(33)25(6)13-15-28(29,23(31)34-7)36-35-27(21,25)14-12-24(20,26)5/h8-9,16-20,32-33H,10-15H2,1-7H3/b9-8+/t18-,19+,20+,24+,25+,26+,27+,28-,29+/m0/s1. The molecule has 0 aromatic heterocycles. The van der Waals surface area contributed by atoms with E-state index in [0.29, 0.717) is 43.1 Å². The van der Waals surface area contributed by atoms with Crippen LogP contribution < -0.4 is 0 Å². The van der Waals surface area contributed by atoms with Gasteiger partial charge < -0.3 is 14.9 Å². The highest BCUT2D eigenvalue weighted by Crippen LogP contribution is 2.75. The minimum atomic E-state index is -2.13. The van der Waals surface area contributed by atoms with Crippen LogP contribution in [0, 0.1) is 34.5 Å². The van der Waals surface area contributed by atoms with Crippen molar-refractivity contribution < 1.29 is 34.3 Å². The lowest BCUT2D eigenvalue weighted by Gasteiger charge is -2.66. The summed E-state index contributed by atoms with van der Waals surface area (Å²) in [7, 11) is 1.21. The number of ether oxygens (including phenoxy) is 1. The lowest BCUT2D eigenvalue weighted by Crippen LogP contribution is -2.80. The van der Waals surface area contributed by atoms with E-state index in [1.807, 2.05) is 6.92 Å². The van der Waals surface area contributed by atoms with Gasteiger partial charge in [-0.15, -0.1) is 0 Å². The molecule has 2 N–H and O–H groups in total. The first-order chi connectivity index (χ1) is 16.7. The van der Waals surface area contributed by atoms with E-state index in [1.165, 1.54) is 13.2 Å². The number of allylic oxidation sites excluding steroid dienone is 2. The van der Waals surface area contributed by atoms with Gasteiger partial charge in [-0.25, -0.2) is 14.6 Å². The highest BCUT2D eigenvalue weighted by atomic mass is 17.2. The topological polar surface area (TPSA) is 102 Å². The van der Waals surface area contributed by atoms with Crippen LogP contribution in [0.4, 0.5) is 0 Å². The van der Waals surface area contributed by atoms with Crippen LogP contribution in [0.2, 0.25) is 0 Å². The minimum Gasteiger partial charge on any atom is -0.467 e. The molecule has 1 aliphatic heterocycles. The van der Waals surface area contributed by atoms with E-state index >= 15 is 0 Å². The second kappa shape index (κ2) is 7.75. The summed E-state index contributed by atoms with van der Waals surface area (Å²) in [5, 5.41) is 24.5. The van der Waals surface area contributed by atoms with Gasteiger partial charge >= 0.3 is 5.97 Å². The Bertz CT molecular complexity index is 1050. The first-order valence-corrected chi connectivity index (χ1v) is 13.6. The molecule has 3 saturated carbocycles. The van der Waals surface area contributed by atoms with Crippen LogP contribution >= 0.6 is 0 Å². The van der Waals surface area contributed by atoms with Gasteiger partial charge in [-0.1, -0.05) is 53.7 Å². The van der Waals surface area contributed by atoms with Crippen LogP contribution in [0.3, 0.4) is 0 Å². The molecular weight excluding hydrogens is 460 g/mol. The second-order valence-corrected chi connectivity index (χ2v) is 13.0. The van der Waals surface area contributed by atoms with E-state index in [0.717, 1.165) is 6.42 Å². The first kappa shape index (κ1) is 26.1. The molecule has 9 atom stereocenters. The van der Waals surface area contributed by atoms with Gasteiger partial charge in [-0.2, -0.15) is 0 Å². The van der Waals surface area contributed by atoms with Crippen molar-refractivity contribution in [1.82, 2.24) is 0 Å². The maximum absolute atomic E-state index is 13.8. The molecule has 1 saturated heterocycles. The Morgan fingerprint density at radius 3 is 2.39 bits per heavy atom. The van der Waals surface area contributed by atoms with Crippen molar-refractivity contribution in [2.24, 2.45) is 34.5 Å². The van der Waals surface area contributed by atoms with Crippen molar-refractivity contribution in [3.8, 4) is 0 Å². The molecule has 36 heavy (non-hydrogen) atoms. The summed E-state index contributed by atoms with van der Waals surface area (Å²) in [5.41, 5.74) is -7.61. The molecular formula is C29H42O7. The van der Waals surface area contributed by atoms with Crippen molar-refractivity contribution in [2.45, 2.75) is 102 Å². The number of ketones is 1. The number of carbonyl (C=O) groups is 2. The van der Waals surface area contributed by atoms with Gasteiger partial charge in [-0.3, -0.25) is 4.79 Å². The lowest BCUT2D eigenvalue weighted by atomic mass is 9.44. The summed E-state index contributed by atoms with van der Waals surface area (Å²) in [6.07, 6.45) is 8.87. The molecule has 0 aromatic rings. The van der Waals surface area contributed by atoms with Gasteiger partial charge in [0.2, 0.25) is 5.60 Å². The monoisotopic (exact) mass is 502 g/mol. The third-order valence-corrected chi connectivity index (χ3v) is 11.6. The molecule has 7 nitrogen and oxygen atoms in total. The number of rotatable bonds is 5. The first-order valence-electron chi connectivity index (χ1n) is 13.6. The van der Waals surface area contributed by atoms with Crippen LogP contribution in [0.15, 0.2) is 23.8 Å². The van der Waals surface area contributed by atoms with Gasteiger partial charge in [0.25, 0.3) is 0 Å². The molecule has 200 valence electrons. The van der Waals surface area contributed by atoms with Crippen LogP contribution in [-0.2, 0) is 24.1 Å². The van der Waals surface area contributed by atoms with Crippen LogP contribution in [0.25, 0.3) is 0 Å². The Balaban J connectivity index is 1.58. The highest BCUT2D eigenvalue weighted by molar-refractivity contribution is 6.06. The fraction of sp³-hybridized carbons (Fsp3) is 0.793. The van der Waals surface area contributed by atoms with Crippen molar-refractivity contribution in [2.75, 3.05) is 7.11 Å². The molecule has 4 fully saturated rings. The molecule has 1 spiro atoms. The van der Waals surface area contributed by atoms with Gasteiger partial charge in [0.1, 0.15) is 5.60 Å². The fourth-order valence-corrected chi connectivity index (χ4v) is 8.68. The van der Waals surface area contributed by atoms with Gasteiger partial charge in [0, 0.05) is 16.4 Å². The molecule has 7 heteroatoms. The Morgan fingerprint density at radius 2 is 1.75 bits per heavy atom. The Labute approximate surface area is 214 Å². The van der Waals surface area contributed by atoms with E-state index < -0.39 is 45.0 Å². The maximum atomic E-state index is 13.8. The molecule has 4 aliphatic carbocycles. The van der Waals surface area contributed by atoms with E-state index in [2.05, 4.69) is 46.8 Å². The Hall–Kier alpha value is -1.54. The molecule has 5 rings (SSSR count). The van der Waals surface area contributed by atoms with Crippen LogP contribution in [0.5, 0.6) is 0 Å². The molecule has 0 radical (unpaired) electrons. The maximum Gasteiger partial charge on any atom is 0.345 e. The Morgan fingerprint density at radius 1 is 1.06 bits per heavy atom. The number of fused-ring (bicyclic) bond motifs is 2. The fourth-order valence-electron chi connectivity index (χ4n) is 8.68. The SMILES string of the molecule is COC(=O)[C@@]12CC[C@@]3(C)[C@]1(O)C(=O)C=C1[C@]4(O)CC[C@H]([C@H](C)/C=C/[C@H](C)C(C)C)[C@@]4(C)CC[C@@]13OO2. The summed E-state index contributed by atoms with van der Waals surface area (Å²) in [6, 6.07) is 0. The summed E-state index contributed by atoms with van der Waals surface area (Å²) in [4.78, 5) is 38.5. The largest absolute Gasteiger partial charge is 0.467 e.